The van der Waals surface area contributed by atoms with Gasteiger partial charge in [0.2, 0.25) is 5.91 Å². The van der Waals surface area contributed by atoms with Crippen LogP contribution in [0.25, 0.3) is 6.08 Å². The quantitative estimate of drug-likeness (QED) is 0.423. The van der Waals surface area contributed by atoms with Gasteiger partial charge in [0.1, 0.15) is 11.6 Å². The van der Waals surface area contributed by atoms with Crippen molar-refractivity contribution in [2.45, 2.75) is 38.7 Å². The Labute approximate surface area is 205 Å². The van der Waals surface area contributed by atoms with Crippen LogP contribution in [0.5, 0.6) is 11.5 Å². The second-order valence-electron chi connectivity index (χ2n) is 7.97. The standard InChI is InChI=1S/C25H28N4O5S/c1-16(2)34-22-12-6-19(15-23(22)33-5)7-13-25(30)28-20-8-10-21(11-9-20)35(31,32)29-24-14-17(3)26-18(4)27-24/h6-16H,1-5H3,(H,28,30)(H,26,27,29)/b13-7+. The molecule has 0 radical (unpaired) electrons. The Bertz CT molecular complexity index is 1320. The van der Waals surface area contributed by atoms with E-state index in [9.17, 15) is 13.2 Å². The van der Waals surface area contributed by atoms with Gasteiger partial charge >= 0.3 is 0 Å². The van der Waals surface area contributed by atoms with E-state index in [1.54, 1.807) is 45.2 Å². The SMILES string of the molecule is COc1cc(/C=C/C(=O)Nc2ccc(S(=O)(=O)Nc3cc(C)nc(C)n3)cc2)ccc1OC(C)C. The number of ether oxygens (including phenoxy) is 2. The minimum Gasteiger partial charge on any atom is -0.493 e. The van der Waals surface area contributed by atoms with Crippen LogP contribution in [0, 0.1) is 13.8 Å². The van der Waals surface area contributed by atoms with Crippen molar-refractivity contribution in [3.05, 3.63) is 71.7 Å². The summed E-state index contributed by atoms with van der Waals surface area (Å²) in [5.41, 5.74) is 1.86. The van der Waals surface area contributed by atoms with Gasteiger partial charge < -0.3 is 14.8 Å². The van der Waals surface area contributed by atoms with E-state index in [1.165, 1.54) is 30.3 Å². The van der Waals surface area contributed by atoms with Crippen LogP contribution < -0.4 is 19.5 Å². The predicted octanol–water partition coefficient (Wildman–Crippen LogP) is 4.34. The first-order valence-electron chi connectivity index (χ1n) is 10.8. The van der Waals surface area contributed by atoms with Gasteiger partial charge in [-0.25, -0.2) is 18.4 Å². The van der Waals surface area contributed by atoms with Crippen molar-refractivity contribution < 1.29 is 22.7 Å². The number of carbonyl (C=O) groups excluding carboxylic acids is 1. The molecule has 3 aromatic rings. The normalized spacial score (nSPS) is 11.5. The highest BCUT2D eigenvalue weighted by atomic mass is 32.2. The van der Waals surface area contributed by atoms with Crippen LogP contribution in [0.1, 0.15) is 30.9 Å². The van der Waals surface area contributed by atoms with Crippen molar-refractivity contribution in [3.8, 4) is 11.5 Å². The van der Waals surface area contributed by atoms with Gasteiger partial charge in [0.25, 0.3) is 10.0 Å². The molecule has 2 N–H and O–H groups in total. The maximum atomic E-state index is 12.7. The van der Waals surface area contributed by atoms with Gasteiger partial charge in [-0.15, -0.1) is 0 Å². The van der Waals surface area contributed by atoms with Crippen molar-refractivity contribution in [1.82, 2.24) is 9.97 Å². The fourth-order valence-electron chi connectivity index (χ4n) is 3.18. The van der Waals surface area contributed by atoms with E-state index >= 15 is 0 Å². The third-order valence-corrected chi connectivity index (χ3v) is 5.99. The Morgan fingerprint density at radius 1 is 1.00 bits per heavy atom. The van der Waals surface area contributed by atoms with Crippen molar-refractivity contribution in [1.29, 1.82) is 0 Å². The van der Waals surface area contributed by atoms with E-state index in [4.69, 9.17) is 9.47 Å². The lowest BCUT2D eigenvalue weighted by Crippen LogP contribution is -2.15. The zero-order valence-electron chi connectivity index (χ0n) is 20.2. The number of benzene rings is 2. The maximum Gasteiger partial charge on any atom is 0.263 e. The number of hydrogen-bond acceptors (Lipinski definition) is 7. The maximum absolute atomic E-state index is 12.7. The van der Waals surface area contributed by atoms with Gasteiger partial charge in [-0.3, -0.25) is 9.52 Å². The summed E-state index contributed by atoms with van der Waals surface area (Å²) >= 11 is 0. The molecule has 0 aliphatic carbocycles. The summed E-state index contributed by atoms with van der Waals surface area (Å²) in [4.78, 5) is 20.6. The summed E-state index contributed by atoms with van der Waals surface area (Å²) in [7, 11) is -2.29. The summed E-state index contributed by atoms with van der Waals surface area (Å²) in [6.45, 7) is 7.29. The molecule has 0 spiro atoms. The van der Waals surface area contributed by atoms with E-state index in [1.807, 2.05) is 19.9 Å². The second-order valence-corrected chi connectivity index (χ2v) is 9.65. The number of hydrogen-bond donors (Lipinski definition) is 2. The van der Waals surface area contributed by atoms with Crippen LogP contribution in [-0.2, 0) is 14.8 Å². The highest BCUT2D eigenvalue weighted by molar-refractivity contribution is 7.92. The molecule has 0 aliphatic rings. The molecule has 0 unspecified atom stereocenters. The average molecular weight is 497 g/mol. The van der Waals surface area contributed by atoms with Gasteiger partial charge in [0, 0.05) is 23.5 Å². The molecule has 0 aliphatic heterocycles. The number of nitrogens with zero attached hydrogens (tertiary/aromatic N) is 2. The monoisotopic (exact) mass is 496 g/mol. The minimum atomic E-state index is -3.85. The number of methoxy groups -OCH3 is 1. The largest absolute Gasteiger partial charge is 0.493 e. The Morgan fingerprint density at radius 3 is 2.34 bits per heavy atom. The lowest BCUT2D eigenvalue weighted by Gasteiger charge is -2.13. The van der Waals surface area contributed by atoms with Gasteiger partial charge in [-0.1, -0.05) is 6.07 Å². The predicted molar refractivity (Wildman–Crippen MR) is 135 cm³/mol. The molecule has 2 aromatic carbocycles. The molecular formula is C25H28N4O5S. The summed E-state index contributed by atoms with van der Waals surface area (Å²) in [6.07, 6.45) is 3.03. The first kappa shape index (κ1) is 25.7. The van der Waals surface area contributed by atoms with Crippen LogP contribution in [0.2, 0.25) is 0 Å². The van der Waals surface area contributed by atoms with Crippen molar-refractivity contribution in [2.75, 3.05) is 17.1 Å². The van der Waals surface area contributed by atoms with E-state index in [2.05, 4.69) is 20.0 Å². The van der Waals surface area contributed by atoms with Crippen LogP contribution in [0.15, 0.2) is 59.5 Å². The summed E-state index contributed by atoms with van der Waals surface area (Å²) in [6, 6.07) is 12.8. The van der Waals surface area contributed by atoms with E-state index < -0.39 is 10.0 Å². The fourth-order valence-corrected chi connectivity index (χ4v) is 4.17. The highest BCUT2D eigenvalue weighted by Crippen LogP contribution is 2.29. The molecule has 1 amide bonds. The van der Waals surface area contributed by atoms with E-state index in [0.717, 1.165) is 5.56 Å². The molecule has 0 bridgehead atoms. The van der Waals surface area contributed by atoms with Crippen LogP contribution in [-0.4, -0.2) is 37.5 Å². The number of carbonyl (C=O) groups is 1. The van der Waals surface area contributed by atoms with Crippen LogP contribution in [0.3, 0.4) is 0 Å². The van der Waals surface area contributed by atoms with Crippen molar-refractivity contribution in [2.24, 2.45) is 0 Å². The summed E-state index contributed by atoms with van der Waals surface area (Å²) in [5.74, 6) is 1.48. The smallest absolute Gasteiger partial charge is 0.263 e. The molecule has 9 nitrogen and oxygen atoms in total. The molecule has 1 aromatic heterocycles. The fraction of sp³-hybridized carbons (Fsp3) is 0.240. The molecule has 0 saturated heterocycles. The molecule has 3 rings (SSSR count). The number of rotatable bonds is 9. The average Bonchev–Trinajstić information content (AvgIpc) is 2.77. The molecule has 35 heavy (non-hydrogen) atoms. The number of sulfonamides is 1. The Morgan fingerprint density at radius 2 is 1.71 bits per heavy atom. The third kappa shape index (κ3) is 7.28. The number of aryl methyl sites for hydroxylation is 2. The Hall–Kier alpha value is -3.92. The van der Waals surface area contributed by atoms with Gasteiger partial charge in [-0.2, -0.15) is 0 Å². The third-order valence-electron chi connectivity index (χ3n) is 4.61. The molecule has 10 heteroatoms. The Balaban J connectivity index is 1.65. The van der Waals surface area contributed by atoms with Crippen molar-refractivity contribution >= 4 is 33.5 Å². The first-order valence-corrected chi connectivity index (χ1v) is 12.3. The van der Waals surface area contributed by atoms with E-state index in [-0.39, 0.29) is 22.7 Å². The molecule has 0 atom stereocenters. The lowest BCUT2D eigenvalue weighted by molar-refractivity contribution is -0.111. The Kier molecular flexibility index (Phi) is 8.08. The zero-order valence-corrected chi connectivity index (χ0v) is 21.0. The molecule has 1 heterocycles. The molecular weight excluding hydrogens is 468 g/mol. The topological polar surface area (TPSA) is 120 Å². The minimum absolute atomic E-state index is 0.00827. The zero-order chi connectivity index (χ0) is 25.6. The second kappa shape index (κ2) is 11.0. The number of nitrogens with one attached hydrogen (secondary N) is 2. The molecule has 184 valence electrons. The van der Waals surface area contributed by atoms with E-state index in [0.29, 0.717) is 28.7 Å². The lowest BCUT2D eigenvalue weighted by atomic mass is 10.2. The first-order chi connectivity index (χ1) is 16.6. The molecule has 0 fully saturated rings. The number of anilines is 2. The summed E-state index contributed by atoms with van der Waals surface area (Å²) in [5, 5.41) is 2.70. The van der Waals surface area contributed by atoms with Crippen LogP contribution in [0.4, 0.5) is 11.5 Å². The van der Waals surface area contributed by atoms with Gasteiger partial charge in [0.15, 0.2) is 11.5 Å². The summed E-state index contributed by atoms with van der Waals surface area (Å²) < 4.78 is 38.8. The number of aromatic nitrogens is 2. The van der Waals surface area contributed by atoms with Gasteiger partial charge in [-0.05, 0) is 75.7 Å². The van der Waals surface area contributed by atoms with Crippen molar-refractivity contribution in [3.63, 3.8) is 0 Å². The highest BCUT2D eigenvalue weighted by Gasteiger charge is 2.15. The number of amides is 1. The van der Waals surface area contributed by atoms with Crippen LogP contribution >= 0.6 is 0 Å². The molecule has 0 saturated carbocycles. The van der Waals surface area contributed by atoms with Gasteiger partial charge in [0.05, 0.1) is 18.1 Å².